The third kappa shape index (κ3) is 3.67. The third-order valence-electron chi connectivity index (χ3n) is 2.29. The molecule has 104 valence electrons. The lowest BCUT2D eigenvalue weighted by molar-refractivity contribution is 0.468. The van der Waals surface area contributed by atoms with Crippen molar-refractivity contribution in [3.8, 4) is 5.75 Å². The van der Waals surface area contributed by atoms with Gasteiger partial charge >= 0.3 is 0 Å². The van der Waals surface area contributed by atoms with Gasteiger partial charge in [0.2, 0.25) is 5.95 Å². The summed E-state index contributed by atoms with van der Waals surface area (Å²) in [4.78, 5) is 17.8. The number of aromatic amines is 1. The number of H-pyrrole nitrogens is 1. The molecule has 8 heteroatoms. The Morgan fingerprint density at radius 3 is 2.60 bits per heavy atom. The van der Waals surface area contributed by atoms with Gasteiger partial charge in [-0.1, -0.05) is 0 Å². The standard InChI is InChI=1S/C12H10Br2N4O2/c1-6-2-10(19)17-12(16-6)18-15-5-7-3-8(13)11(20)9(14)4-7/h2-5,20H,1H3,(H2,16,17,18,19)/b15-5+. The third-order valence-corrected chi connectivity index (χ3v) is 3.50. The molecule has 2 aromatic rings. The molecule has 2 rings (SSSR count). The van der Waals surface area contributed by atoms with E-state index in [9.17, 15) is 9.90 Å². The summed E-state index contributed by atoms with van der Waals surface area (Å²) in [5.74, 6) is 0.392. The highest BCUT2D eigenvalue weighted by Crippen LogP contribution is 2.32. The summed E-state index contributed by atoms with van der Waals surface area (Å²) in [6, 6.07) is 4.80. The summed E-state index contributed by atoms with van der Waals surface area (Å²) in [5.41, 5.74) is 3.75. The maximum absolute atomic E-state index is 11.2. The number of phenolic OH excluding ortho intramolecular Hbond substituents is 1. The Morgan fingerprint density at radius 1 is 1.35 bits per heavy atom. The van der Waals surface area contributed by atoms with Crippen molar-refractivity contribution in [1.82, 2.24) is 9.97 Å². The number of hydrogen-bond acceptors (Lipinski definition) is 5. The largest absolute Gasteiger partial charge is 0.506 e. The van der Waals surface area contributed by atoms with E-state index in [0.717, 1.165) is 5.56 Å². The number of rotatable bonds is 3. The molecule has 0 atom stereocenters. The Hall–Kier alpha value is -1.67. The van der Waals surface area contributed by atoms with Crippen LogP contribution in [0.25, 0.3) is 0 Å². The van der Waals surface area contributed by atoms with Crippen molar-refractivity contribution < 1.29 is 5.11 Å². The van der Waals surface area contributed by atoms with Crippen LogP contribution in [-0.4, -0.2) is 21.3 Å². The minimum atomic E-state index is -0.245. The van der Waals surface area contributed by atoms with E-state index >= 15 is 0 Å². The summed E-state index contributed by atoms with van der Waals surface area (Å²) in [5, 5.41) is 13.6. The first kappa shape index (κ1) is 14.7. The fraction of sp³-hybridized carbons (Fsp3) is 0.0833. The van der Waals surface area contributed by atoms with E-state index in [0.29, 0.717) is 14.6 Å². The van der Waals surface area contributed by atoms with Crippen molar-refractivity contribution in [2.75, 3.05) is 5.43 Å². The highest BCUT2D eigenvalue weighted by Gasteiger charge is 2.04. The number of hydrazone groups is 1. The summed E-state index contributed by atoms with van der Waals surface area (Å²) in [6.07, 6.45) is 1.54. The number of aryl methyl sites for hydroxylation is 1. The average Bonchev–Trinajstić information content (AvgIpc) is 2.34. The Balaban J connectivity index is 2.16. The molecule has 0 bridgehead atoms. The van der Waals surface area contributed by atoms with Gasteiger partial charge in [-0.2, -0.15) is 5.10 Å². The molecular weight excluding hydrogens is 392 g/mol. The molecule has 0 aliphatic heterocycles. The van der Waals surface area contributed by atoms with Crippen molar-refractivity contribution in [3.05, 3.63) is 48.8 Å². The fourth-order valence-electron chi connectivity index (χ4n) is 1.46. The smallest absolute Gasteiger partial charge is 0.252 e. The van der Waals surface area contributed by atoms with E-state index in [4.69, 9.17) is 0 Å². The number of aromatic hydroxyl groups is 1. The minimum Gasteiger partial charge on any atom is -0.506 e. The van der Waals surface area contributed by atoms with Crippen LogP contribution in [0.15, 0.2) is 37.0 Å². The molecule has 0 saturated heterocycles. The molecule has 6 nitrogen and oxygen atoms in total. The average molecular weight is 402 g/mol. The van der Waals surface area contributed by atoms with E-state index in [-0.39, 0.29) is 17.3 Å². The second kappa shape index (κ2) is 6.19. The highest BCUT2D eigenvalue weighted by molar-refractivity contribution is 9.11. The van der Waals surface area contributed by atoms with E-state index < -0.39 is 0 Å². The van der Waals surface area contributed by atoms with Gasteiger partial charge in [0, 0.05) is 11.8 Å². The first-order valence-electron chi connectivity index (χ1n) is 5.51. The lowest BCUT2D eigenvalue weighted by Gasteiger charge is -2.02. The zero-order valence-corrected chi connectivity index (χ0v) is 13.5. The van der Waals surface area contributed by atoms with Crippen molar-refractivity contribution in [1.29, 1.82) is 0 Å². The van der Waals surface area contributed by atoms with Gasteiger partial charge in [-0.3, -0.25) is 9.78 Å². The summed E-state index contributed by atoms with van der Waals surface area (Å²) >= 11 is 6.46. The molecule has 1 aromatic carbocycles. The molecule has 20 heavy (non-hydrogen) atoms. The van der Waals surface area contributed by atoms with Crippen molar-refractivity contribution in [3.63, 3.8) is 0 Å². The molecule has 0 aliphatic rings. The maximum Gasteiger partial charge on any atom is 0.252 e. The van der Waals surface area contributed by atoms with Gasteiger partial charge < -0.3 is 5.11 Å². The summed E-state index contributed by atoms with van der Waals surface area (Å²) < 4.78 is 1.10. The van der Waals surface area contributed by atoms with Gasteiger partial charge in [0.15, 0.2) is 0 Å². The maximum atomic E-state index is 11.2. The van der Waals surface area contributed by atoms with Crippen LogP contribution in [-0.2, 0) is 0 Å². The number of benzene rings is 1. The SMILES string of the molecule is Cc1cc(=O)[nH]c(N/N=C/c2cc(Br)c(O)c(Br)c2)n1. The molecule has 0 unspecified atom stereocenters. The molecule has 1 heterocycles. The highest BCUT2D eigenvalue weighted by atomic mass is 79.9. The van der Waals surface area contributed by atoms with E-state index in [1.165, 1.54) is 12.3 Å². The Labute approximate surface area is 131 Å². The first-order valence-corrected chi connectivity index (χ1v) is 7.09. The predicted molar refractivity (Wildman–Crippen MR) is 84.3 cm³/mol. The number of anilines is 1. The van der Waals surface area contributed by atoms with Crippen LogP contribution in [0.4, 0.5) is 5.95 Å². The van der Waals surface area contributed by atoms with Crippen molar-refractivity contribution >= 4 is 44.0 Å². The predicted octanol–water partition coefficient (Wildman–Crippen LogP) is 2.75. The zero-order valence-electron chi connectivity index (χ0n) is 10.3. The molecule has 0 aliphatic carbocycles. The number of phenols is 1. The topological polar surface area (TPSA) is 90.4 Å². The molecular formula is C12H10Br2N4O2. The van der Waals surface area contributed by atoms with E-state index in [1.807, 2.05) is 0 Å². The van der Waals surface area contributed by atoms with Crippen molar-refractivity contribution in [2.24, 2.45) is 5.10 Å². The molecule has 0 radical (unpaired) electrons. The van der Waals surface area contributed by atoms with Crippen LogP contribution in [0, 0.1) is 6.92 Å². The van der Waals surface area contributed by atoms with Gasteiger partial charge in [0.05, 0.1) is 15.2 Å². The molecule has 1 aromatic heterocycles. The number of nitrogens with zero attached hydrogens (tertiary/aromatic N) is 2. The summed E-state index contributed by atoms with van der Waals surface area (Å²) in [6.45, 7) is 1.72. The minimum absolute atomic E-state index is 0.125. The van der Waals surface area contributed by atoms with Crippen LogP contribution in [0.2, 0.25) is 0 Å². The van der Waals surface area contributed by atoms with Crippen LogP contribution >= 0.6 is 31.9 Å². The Kier molecular flexibility index (Phi) is 4.56. The number of hydrogen-bond donors (Lipinski definition) is 3. The van der Waals surface area contributed by atoms with Crippen molar-refractivity contribution in [2.45, 2.75) is 6.92 Å². The summed E-state index contributed by atoms with van der Waals surface area (Å²) in [7, 11) is 0. The molecule has 0 spiro atoms. The number of nitrogens with one attached hydrogen (secondary N) is 2. The molecule has 0 amide bonds. The second-order valence-electron chi connectivity index (χ2n) is 3.94. The van der Waals surface area contributed by atoms with Crippen LogP contribution in [0.5, 0.6) is 5.75 Å². The van der Waals surface area contributed by atoms with Gasteiger partial charge in [-0.15, -0.1) is 0 Å². The normalized spacial score (nSPS) is 10.9. The number of halogens is 2. The fourth-order valence-corrected chi connectivity index (χ4v) is 2.68. The van der Waals surface area contributed by atoms with Gasteiger partial charge in [0.1, 0.15) is 5.75 Å². The van der Waals surface area contributed by atoms with Gasteiger partial charge in [-0.25, -0.2) is 10.4 Å². The first-order chi connectivity index (χ1) is 9.45. The van der Waals surface area contributed by atoms with Crippen LogP contribution in [0.3, 0.4) is 0 Å². The quantitative estimate of drug-likeness (QED) is 0.544. The molecule has 3 N–H and O–H groups in total. The van der Waals surface area contributed by atoms with E-state index in [1.54, 1.807) is 19.1 Å². The van der Waals surface area contributed by atoms with Gasteiger partial charge in [0.25, 0.3) is 5.56 Å². The van der Waals surface area contributed by atoms with E-state index in [2.05, 4.69) is 52.4 Å². The number of aromatic nitrogens is 2. The molecule has 0 fully saturated rings. The van der Waals surface area contributed by atoms with Crippen LogP contribution < -0.4 is 11.0 Å². The monoisotopic (exact) mass is 400 g/mol. The Morgan fingerprint density at radius 2 is 2.00 bits per heavy atom. The zero-order chi connectivity index (χ0) is 14.7. The lowest BCUT2D eigenvalue weighted by Crippen LogP contribution is -2.10. The van der Waals surface area contributed by atoms with Gasteiger partial charge in [-0.05, 0) is 56.5 Å². The van der Waals surface area contributed by atoms with Crippen LogP contribution in [0.1, 0.15) is 11.3 Å². The Bertz CT molecular complexity index is 705. The lowest BCUT2D eigenvalue weighted by atomic mass is 10.2. The second-order valence-corrected chi connectivity index (χ2v) is 5.65. The molecule has 0 saturated carbocycles.